The quantitative estimate of drug-likeness (QED) is 0.476. The van der Waals surface area contributed by atoms with Crippen molar-refractivity contribution >= 4 is 5.91 Å². The highest BCUT2D eigenvalue weighted by molar-refractivity contribution is 5.82. The molecule has 1 amide bonds. The van der Waals surface area contributed by atoms with Gasteiger partial charge in [-0.15, -0.1) is 13.0 Å². The lowest BCUT2D eigenvalue weighted by molar-refractivity contribution is -0.122. The molecule has 0 aliphatic heterocycles. The van der Waals surface area contributed by atoms with Gasteiger partial charge >= 0.3 is 0 Å². The number of carbonyl (C=O) groups excluding carboxylic acids is 1. The van der Waals surface area contributed by atoms with E-state index < -0.39 is 6.04 Å². The Morgan fingerprint density at radius 1 is 1.85 bits per heavy atom. The Kier molecular flexibility index (Phi) is 5.66. The van der Waals surface area contributed by atoms with Crippen molar-refractivity contribution in [3.8, 4) is 12.3 Å². The normalized spacial score (nSPS) is 13.9. The molecule has 0 spiro atoms. The number of rotatable bonds is 5. The van der Waals surface area contributed by atoms with Crippen LogP contribution >= 0.6 is 0 Å². The molecule has 0 aliphatic rings. The summed E-state index contributed by atoms with van der Waals surface area (Å²) in [5.74, 6) is 2.25. The fourth-order valence-electron chi connectivity index (χ4n) is 0.827. The highest BCUT2D eigenvalue weighted by atomic mass is 16.2. The van der Waals surface area contributed by atoms with Crippen molar-refractivity contribution in [3.63, 3.8) is 0 Å². The molecule has 0 fully saturated rings. The van der Waals surface area contributed by atoms with E-state index in [1.54, 1.807) is 6.08 Å². The summed E-state index contributed by atoms with van der Waals surface area (Å²) in [4.78, 5) is 11.3. The van der Waals surface area contributed by atoms with Crippen molar-refractivity contribution < 1.29 is 4.79 Å². The molecule has 3 N–H and O–H groups in total. The monoisotopic (exact) mass is 180 g/mol. The van der Waals surface area contributed by atoms with Crippen molar-refractivity contribution in [2.75, 3.05) is 0 Å². The van der Waals surface area contributed by atoms with E-state index in [2.05, 4.69) is 17.8 Å². The van der Waals surface area contributed by atoms with Gasteiger partial charge in [0.2, 0.25) is 5.91 Å². The van der Waals surface area contributed by atoms with Crippen molar-refractivity contribution in [3.05, 3.63) is 12.7 Å². The fraction of sp³-hybridized carbons (Fsp3) is 0.500. The van der Waals surface area contributed by atoms with E-state index in [0.717, 1.165) is 0 Å². The fourth-order valence-corrected chi connectivity index (χ4v) is 0.827. The van der Waals surface area contributed by atoms with Crippen molar-refractivity contribution in [2.45, 2.75) is 31.8 Å². The van der Waals surface area contributed by atoms with E-state index in [-0.39, 0.29) is 11.9 Å². The molecule has 0 saturated heterocycles. The number of amides is 1. The van der Waals surface area contributed by atoms with Gasteiger partial charge in [-0.05, 0) is 12.8 Å². The summed E-state index contributed by atoms with van der Waals surface area (Å²) in [6.07, 6.45) is 7.97. The van der Waals surface area contributed by atoms with Crippen LogP contribution in [0.25, 0.3) is 0 Å². The zero-order valence-electron chi connectivity index (χ0n) is 7.92. The molecule has 72 valence electrons. The van der Waals surface area contributed by atoms with E-state index in [4.69, 9.17) is 12.2 Å². The van der Waals surface area contributed by atoms with Crippen molar-refractivity contribution in [1.82, 2.24) is 5.32 Å². The second-order valence-corrected chi connectivity index (χ2v) is 2.77. The Morgan fingerprint density at radius 3 is 2.85 bits per heavy atom. The molecule has 0 saturated carbocycles. The van der Waals surface area contributed by atoms with E-state index >= 15 is 0 Å². The third kappa shape index (κ3) is 4.34. The van der Waals surface area contributed by atoms with Gasteiger partial charge in [-0.1, -0.05) is 18.9 Å². The molecule has 0 rings (SSSR count). The zero-order valence-corrected chi connectivity index (χ0v) is 7.92. The molecule has 13 heavy (non-hydrogen) atoms. The average Bonchev–Trinajstić information content (AvgIpc) is 2.14. The molecule has 2 atom stereocenters. The summed E-state index contributed by atoms with van der Waals surface area (Å²) in [5, 5.41) is 2.65. The molecule has 2 unspecified atom stereocenters. The third-order valence-electron chi connectivity index (χ3n) is 1.68. The highest BCUT2D eigenvalue weighted by Crippen LogP contribution is 1.93. The Morgan fingerprint density at radius 2 is 2.46 bits per heavy atom. The Bertz CT molecular complexity index is 217. The number of terminal acetylenes is 1. The van der Waals surface area contributed by atoms with Crippen LogP contribution in [0, 0.1) is 12.3 Å². The summed E-state index contributed by atoms with van der Waals surface area (Å²) < 4.78 is 0. The van der Waals surface area contributed by atoms with Crippen molar-refractivity contribution in [2.24, 2.45) is 5.73 Å². The minimum absolute atomic E-state index is 0.218. The standard InChI is InChI=1S/C10H16N2O/c1-4-7-9(11)10(13)12-8(5-2)6-3/h2,4,8-9H,1,6-7,11H2,3H3,(H,12,13). The molecule has 0 aromatic carbocycles. The molecule has 0 radical (unpaired) electrons. The summed E-state index contributed by atoms with van der Waals surface area (Å²) >= 11 is 0. The Hall–Kier alpha value is -1.27. The SMILES string of the molecule is C#CC(CC)NC(=O)C(N)CC=C. The van der Waals surface area contributed by atoms with Gasteiger partial charge in [0.15, 0.2) is 0 Å². The molecule has 3 heteroatoms. The van der Waals surface area contributed by atoms with Crippen LogP contribution < -0.4 is 11.1 Å². The van der Waals surface area contributed by atoms with Crippen LogP contribution in [0.15, 0.2) is 12.7 Å². The topological polar surface area (TPSA) is 55.1 Å². The molecule has 3 nitrogen and oxygen atoms in total. The van der Waals surface area contributed by atoms with Gasteiger partial charge in [-0.25, -0.2) is 0 Å². The number of carbonyl (C=O) groups is 1. The molecule has 0 bridgehead atoms. The van der Waals surface area contributed by atoms with Gasteiger partial charge in [-0.3, -0.25) is 4.79 Å². The van der Waals surface area contributed by atoms with Gasteiger partial charge < -0.3 is 11.1 Å². The van der Waals surface area contributed by atoms with E-state index in [1.165, 1.54) is 0 Å². The molecular formula is C10H16N2O. The molecule has 0 aromatic heterocycles. The van der Waals surface area contributed by atoms with Crippen LogP contribution in [0.5, 0.6) is 0 Å². The minimum atomic E-state index is -0.542. The first-order valence-corrected chi connectivity index (χ1v) is 4.28. The first-order chi connectivity index (χ1) is 6.15. The summed E-state index contributed by atoms with van der Waals surface area (Å²) in [6, 6.07) is -0.761. The second kappa shape index (κ2) is 6.27. The smallest absolute Gasteiger partial charge is 0.238 e. The van der Waals surface area contributed by atoms with Gasteiger partial charge in [0, 0.05) is 0 Å². The number of hydrogen-bond donors (Lipinski definition) is 2. The average molecular weight is 180 g/mol. The van der Waals surface area contributed by atoms with Gasteiger partial charge in [0.25, 0.3) is 0 Å². The highest BCUT2D eigenvalue weighted by Gasteiger charge is 2.13. The first kappa shape index (κ1) is 11.7. The Labute approximate surface area is 79.4 Å². The largest absolute Gasteiger partial charge is 0.341 e. The van der Waals surface area contributed by atoms with Gasteiger partial charge in [0.05, 0.1) is 12.1 Å². The van der Waals surface area contributed by atoms with Crippen LogP contribution in [0.2, 0.25) is 0 Å². The van der Waals surface area contributed by atoms with Crippen molar-refractivity contribution in [1.29, 1.82) is 0 Å². The second-order valence-electron chi connectivity index (χ2n) is 2.77. The lowest BCUT2D eigenvalue weighted by atomic mass is 10.1. The minimum Gasteiger partial charge on any atom is -0.341 e. The van der Waals surface area contributed by atoms with Crippen LogP contribution in [-0.2, 0) is 4.79 Å². The van der Waals surface area contributed by atoms with Crippen LogP contribution in [0.4, 0.5) is 0 Å². The maximum Gasteiger partial charge on any atom is 0.238 e. The lowest BCUT2D eigenvalue weighted by Crippen LogP contribution is -2.44. The first-order valence-electron chi connectivity index (χ1n) is 4.28. The van der Waals surface area contributed by atoms with Gasteiger partial charge in [-0.2, -0.15) is 0 Å². The number of hydrogen-bond acceptors (Lipinski definition) is 2. The zero-order chi connectivity index (χ0) is 10.3. The van der Waals surface area contributed by atoms with E-state index in [1.807, 2.05) is 6.92 Å². The van der Waals surface area contributed by atoms with Gasteiger partial charge in [0.1, 0.15) is 0 Å². The lowest BCUT2D eigenvalue weighted by Gasteiger charge is -2.14. The molecule has 0 aromatic rings. The van der Waals surface area contributed by atoms with Crippen LogP contribution in [0.3, 0.4) is 0 Å². The predicted molar refractivity (Wildman–Crippen MR) is 53.8 cm³/mol. The van der Waals surface area contributed by atoms with Crippen LogP contribution in [-0.4, -0.2) is 18.0 Å². The summed E-state index contributed by atoms with van der Waals surface area (Å²) in [7, 11) is 0. The number of nitrogens with one attached hydrogen (secondary N) is 1. The van der Waals surface area contributed by atoms with E-state index in [9.17, 15) is 4.79 Å². The number of nitrogens with two attached hydrogens (primary N) is 1. The predicted octanol–water partition coefficient (Wildman–Crippen LogP) is 0.418. The Balaban J connectivity index is 3.99. The maximum atomic E-state index is 11.3. The summed E-state index contributed by atoms with van der Waals surface area (Å²) in [5.41, 5.74) is 5.53. The summed E-state index contributed by atoms with van der Waals surface area (Å²) in [6.45, 7) is 5.41. The van der Waals surface area contributed by atoms with E-state index in [0.29, 0.717) is 12.8 Å². The maximum absolute atomic E-state index is 11.3. The van der Waals surface area contributed by atoms with Crippen LogP contribution in [0.1, 0.15) is 19.8 Å². The third-order valence-corrected chi connectivity index (χ3v) is 1.68. The molecule has 0 heterocycles. The molecular weight excluding hydrogens is 164 g/mol. The molecule has 0 aliphatic carbocycles.